The molecule has 0 bridgehead atoms. The maximum Gasteiger partial charge on any atom is 0.326 e. The molecule has 92 valence electrons. The van der Waals surface area contributed by atoms with Gasteiger partial charge in [0.05, 0.1) is 10.7 Å². The van der Waals surface area contributed by atoms with Crippen LogP contribution >= 0.6 is 11.6 Å². The molecule has 0 spiro atoms. The number of benzene rings is 1. The number of halogens is 1. The molecule has 17 heavy (non-hydrogen) atoms. The lowest BCUT2D eigenvalue weighted by Crippen LogP contribution is -2.30. The molecule has 0 aromatic heterocycles. The van der Waals surface area contributed by atoms with Gasteiger partial charge in [0.1, 0.15) is 6.04 Å². The number of carboxylic acids is 2. The molecule has 1 unspecified atom stereocenters. The van der Waals surface area contributed by atoms with Crippen LogP contribution in [0, 0.1) is 0 Å². The minimum Gasteiger partial charge on any atom is -0.481 e. The van der Waals surface area contributed by atoms with Crippen LogP contribution in [0.1, 0.15) is 12.8 Å². The third-order valence-electron chi connectivity index (χ3n) is 2.15. The smallest absolute Gasteiger partial charge is 0.326 e. The molecule has 0 aliphatic carbocycles. The molecule has 1 aromatic rings. The Morgan fingerprint density at radius 1 is 1.29 bits per heavy atom. The van der Waals surface area contributed by atoms with Crippen molar-refractivity contribution in [3.63, 3.8) is 0 Å². The largest absolute Gasteiger partial charge is 0.481 e. The molecular formula is C11H12ClNO4. The molecule has 0 fully saturated rings. The second-order valence-corrected chi connectivity index (χ2v) is 3.85. The van der Waals surface area contributed by atoms with E-state index in [1.165, 1.54) is 0 Å². The SMILES string of the molecule is O=C(O)CCC(Nc1ccccc1Cl)C(=O)O. The first-order valence-electron chi connectivity index (χ1n) is 4.96. The maximum atomic E-state index is 10.9. The number of nitrogens with one attached hydrogen (secondary N) is 1. The topological polar surface area (TPSA) is 86.6 Å². The van der Waals surface area contributed by atoms with Crippen LogP contribution in [0.15, 0.2) is 24.3 Å². The van der Waals surface area contributed by atoms with Gasteiger partial charge in [-0.3, -0.25) is 4.79 Å². The van der Waals surface area contributed by atoms with E-state index in [0.29, 0.717) is 10.7 Å². The molecule has 0 aliphatic heterocycles. The minimum atomic E-state index is -1.11. The van der Waals surface area contributed by atoms with Gasteiger partial charge in [-0.15, -0.1) is 0 Å². The zero-order chi connectivity index (χ0) is 12.8. The summed E-state index contributed by atoms with van der Waals surface area (Å²) >= 11 is 5.86. The van der Waals surface area contributed by atoms with E-state index in [9.17, 15) is 9.59 Å². The predicted molar refractivity (Wildman–Crippen MR) is 63.4 cm³/mol. The van der Waals surface area contributed by atoms with Crippen molar-refractivity contribution in [3.05, 3.63) is 29.3 Å². The van der Waals surface area contributed by atoms with E-state index in [0.717, 1.165) is 0 Å². The van der Waals surface area contributed by atoms with Crippen molar-refractivity contribution in [1.29, 1.82) is 0 Å². The van der Waals surface area contributed by atoms with Crippen LogP contribution < -0.4 is 5.32 Å². The molecule has 3 N–H and O–H groups in total. The quantitative estimate of drug-likeness (QED) is 0.726. The number of anilines is 1. The van der Waals surface area contributed by atoms with E-state index in [1.54, 1.807) is 24.3 Å². The molecule has 0 saturated carbocycles. The van der Waals surface area contributed by atoms with Crippen molar-refractivity contribution >= 4 is 29.2 Å². The van der Waals surface area contributed by atoms with Crippen LogP contribution in [-0.2, 0) is 9.59 Å². The number of aliphatic carboxylic acids is 2. The number of para-hydroxylation sites is 1. The molecule has 0 saturated heterocycles. The van der Waals surface area contributed by atoms with Gasteiger partial charge < -0.3 is 15.5 Å². The Morgan fingerprint density at radius 2 is 1.94 bits per heavy atom. The Balaban J connectivity index is 2.70. The highest BCUT2D eigenvalue weighted by molar-refractivity contribution is 6.33. The monoisotopic (exact) mass is 257 g/mol. The number of carboxylic acid groups (broad SMARTS) is 2. The molecule has 0 amide bonds. The van der Waals surface area contributed by atoms with Crippen LogP contribution in [0.5, 0.6) is 0 Å². The Morgan fingerprint density at radius 3 is 2.47 bits per heavy atom. The first-order chi connectivity index (χ1) is 8.00. The van der Waals surface area contributed by atoms with Crippen molar-refractivity contribution in [2.24, 2.45) is 0 Å². The van der Waals surface area contributed by atoms with Gasteiger partial charge in [0.25, 0.3) is 0 Å². The highest BCUT2D eigenvalue weighted by Gasteiger charge is 2.19. The summed E-state index contributed by atoms with van der Waals surface area (Å²) in [7, 11) is 0. The van der Waals surface area contributed by atoms with E-state index in [1.807, 2.05) is 0 Å². The molecule has 1 atom stereocenters. The van der Waals surface area contributed by atoms with E-state index in [-0.39, 0.29) is 12.8 Å². The van der Waals surface area contributed by atoms with Crippen molar-refractivity contribution < 1.29 is 19.8 Å². The summed E-state index contributed by atoms with van der Waals surface area (Å²) < 4.78 is 0. The van der Waals surface area contributed by atoms with Gasteiger partial charge in [0.2, 0.25) is 0 Å². The number of hydrogen-bond donors (Lipinski definition) is 3. The van der Waals surface area contributed by atoms with Crippen molar-refractivity contribution in [2.75, 3.05) is 5.32 Å². The Labute approximate surface area is 103 Å². The van der Waals surface area contributed by atoms with Gasteiger partial charge in [-0.1, -0.05) is 23.7 Å². The summed E-state index contributed by atoms with van der Waals surface area (Å²) in [6.07, 6.45) is -0.218. The van der Waals surface area contributed by atoms with E-state index < -0.39 is 18.0 Å². The molecule has 0 aliphatic rings. The second kappa shape index (κ2) is 6.10. The normalized spacial score (nSPS) is 11.8. The van der Waals surface area contributed by atoms with Crippen molar-refractivity contribution in [1.82, 2.24) is 0 Å². The van der Waals surface area contributed by atoms with Crippen LogP contribution in [0.4, 0.5) is 5.69 Å². The molecular weight excluding hydrogens is 246 g/mol. The molecule has 5 nitrogen and oxygen atoms in total. The Hall–Kier alpha value is -1.75. The third-order valence-corrected chi connectivity index (χ3v) is 2.48. The first-order valence-corrected chi connectivity index (χ1v) is 5.34. The van der Waals surface area contributed by atoms with Gasteiger partial charge in [-0.25, -0.2) is 4.79 Å². The van der Waals surface area contributed by atoms with Gasteiger partial charge in [-0.05, 0) is 18.6 Å². The highest BCUT2D eigenvalue weighted by Crippen LogP contribution is 2.22. The lowest BCUT2D eigenvalue weighted by atomic mass is 10.1. The van der Waals surface area contributed by atoms with E-state index >= 15 is 0 Å². The summed E-state index contributed by atoms with van der Waals surface area (Å²) in [5.41, 5.74) is 0.479. The van der Waals surface area contributed by atoms with Crippen LogP contribution in [0.25, 0.3) is 0 Å². The van der Waals surface area contributed by atoms with Crippen molar-refractivity contribution in [2.45, 2.75) is 18.9 Å². The zero-order valence-corrected chi connectivity index (χ0v) is 9.65. The maximum absolute atomic E-state index is 10.9. The summed E-state index contributed by atoms with van der Waals surface area (Å²) in [6.45, 7) is 0. The molecule has 0 radical (unpaired) electrons. The molecule has 1 rings (SSSR count). The molecule has 6 heteroatoms. The van der Waals surface area contributed by atoms with E-state index in [2.05, 4.69) is 5.32 Å². The van der Waals surface area contributed by atoms with Crippen molar-refractivity contribution in [3.8, 4) is 0 Å². The van der Waals surface area contributed by atoms with Gasteiger partial charge in [-0.2, -0.15) is 0 Å². The fourth-order valence-corrected chi connectivity index (χ4v) is 1.48. The molecule has 1 aromatic carbocycles. The van der Waals surface area contributed by atoms with Crippen LogP contribution in [-0.4, -0.2) is 28.2 Å². The van der Waals surface area contributed by atoms with Gasteiger partial charge in [0, 0.05) is 6.42 Å². The molecule has 0 heterocycles. The third kappa shape index (κ3) is 4.32. The minimum absolute atomic E-state index is 0.00408. The average Bonchev–Trinajstić information content (AvgIpc) is 2.25. The highest BCUT2D eigenvalue weighted by atomic mass is 35.5. The first kappa shape index (κ1) is 13.3. The summed E-state index contributed by atoms with van der Waals surface area (Å²) in [5.74, 6) is -2.14. The van der Waals surface area contributed by atoms with Gasteiger partial charge in [0.15, 0.2) is 0 Å². The number of carbonyl (C=O) groups is 2. The number of hydrogen-bond acceptors (Lipinski definition) is 3. The van der Waals surface area contributed by atoms with Crippen LogP contribution in [0.3, 0.4) is 0 Å². The summed E-state index contributed by atoms with van der Waals surface area (Å²) in [4.78, 5) is 21.3. The average molecular weight is 258 g/mol. The standard InChI is InChI=1S/C11H12ClNO4/c12-7-3-1-2-4-8(7)13-9(11(16)17)5-6-10(14)15/h1-4,9,13H,5-6H2,(H,14,15)(H,16,17). The Bertz CT molecular complexity index is 422. The predicted octanol–water partition coefficient (Wildman–Crippen LogP) is 2.07. The lowest BCUT2D eigenvalue weighted by Gasteiger charge is -2.15. The van der Waals surface area contributed by atoms with Crippen LogP contribution in [0.2, 0.25) is 5.02 Å². The fraction of sp³-hybridized carbons (Fsp3) is 0.273. The van der Waals surface area contributed by atoms with E-state index in [4.69, 9.17) is 21.8 Å². The second-order valence-electron chi connectivity index (χ2n) is 3.45. The number of rotatable bonds is 6. The fourth-order valence-electron chi connectivity index (χ4n) is 1.29. The summed E-state index contributed by atoms with van der Waals surface area (Å²) in [6, 6.07) is 5.73. The van der Waals surface area contributed by atoms with Gasteiger partial charge >= 0.3 is 11.9 Å². The zero-order valence-electron chi connectivity index (χ0n) is 8.89. The Kier molecular flexibility index (Phi) is 4.78. The lowest BCUT2D eigenvalue weighted by molar-refractivity contribution is -0.139. The summed E-state index contributed by atoms with van der Waals surface area (Å²) in [5, 5.41) is 20.6.